The molecule has 0 aromatic heterocycles. The molecule has 0 aliphatic carbocycles. The Balaban J connectivity index is 2.56. The molecule has 1 N–H and O–H groups in total. The lowest BCUT2D eigenvalue weighted by atomic mass is 10.1. The van der Waals surface area contributed by atoms with Crippen LogP contribution in [0.25, 0.3) is 0 Å². The SMILES string of the molecule is CCCC(C)Sc1cccc(CNC(C)(C)C)c1. The molecule has 0 aliphatic rings. The van der Waals surface area contributed by atoms with E-state index in [4.69, 9.17) is 0 Å². The first kappa shape index (κ1) is 15.6. The molecular formula is C16H27NS. The predicted octanol–water partition coefficient (Wildman–Crippen LogP) is 4.86. The second-order valence-corrected chi connectivity index (χ2v) is 7.48. The molecule has 0 radical (unpaired) electrons. The zero-order chi connectivity index (χ0) is 13.6. The van der Waals surface area contributed by atoms with Crippen LogP contribution in [0.5, 0.6) is 0 Å². The second-order valence-electron chi connectivity index (χ2n) is 5.97. The highest BCUT2D eigenvalue weighted by Crippen LogP contribution is 2.26. The van der Waals surface area contributed by atoms with E-state index in [2.05, 4.69) is 64.2 Å². The molecule has 0 bridgehead atoms. The summed E-state index contributed by atoms with van der Waals surface area (Å²) in [5, 5.41) is 4.24. The molecule has 0 saturated heterocycles. The van der Waals surface area contributed by atoms with Gasteiger partial charge in [-0.2, -0.15) is 0 Å². The molecule has 1 unspecified atom stereocenters. The van der Waals surface area contributed by atoms with Gasteiger partial charge in [-0.3, -0.25) is 0 Å². The normalized spacial score (nSPS) is 13.6. The first-order chi connectivity index (χ1) is 8.40. The van der Waals surface area contributed by atoms with E-state index >= 15 is 0 Å². The number of benzene rings is 1. The summed E-state index contributed by atoms with van der Waals surface area (Å²) >= 11 is 1.99. The monoisotopic (exact) mass is 265 g/mol. The van der Waals surface area contributed by atoms with E-state index in [1.165, 1.54) is 23.3 Å². The van der Waals surface area contributed by atoms with Crippen molar-refractivity contribution in [3.05, 3.63) is 29.8 Å². The van der Waals surface area contributed by atoms with Gasteiger partial charge in [-0.05, 0) is 44.9 Å². The summed E-state index contributed by atoms with van der Waals surface area (Å²) in [5.41, 5.74) is 1.55. The van der Waals surface area contributed by atoms with E-state index < -0.39 is 0 Å². The summed E-state index contributed by atoms with van der Waals surface area (Å²) in [6.45, 7) is 12.1. The van der Waals surface area contributed by atoms with Crippen LogP contribution in [-0.4, -0.2) is 10.8 Å². The number of rotatable bonds is 6. The van der Waals surface area contributed by atoms with Crippen LogP contribution in [0.2, 0.25) is 0 Å². The molecule has 1 aromatic rings. The molecule has 0 amide bonds. The Bertz CT molecular complexity index is 354. The Labute approximate surface area is 117 Å². The molecule has 1 aromatic carbocycles. The minimum atomic E-state index is 0.179. The fourth-order valence-corrected chi connectivity index (χ4v) is 2.99. The molecule has 0 fully saturated rings. The highest BCUT2D eigenvalue weighted by Gasteiger charge is 2.09. The maximum absolute atomic E-state index is 3.53. The molecule has 0 saturated carbocycles. The Hall–Kier alpha value is -0.470. The smallest absolute Gasteiger partial charge is 0.0210 e. The molecule has 0 heterocycles. The van der Waals surface area contributed by atoms with Crippen molar-refractivity contribution in [2.24, 2.45) is 0 Å². The van der Waals surface area contributed by atoms with Crippen LogP contribution in [0.4, 0.5) is 0 Å². The molecule has 1 nitrogen and oxygen atoms in total. The number of thioether (sulfide) groups is 1. The molecule has 102 valence electrons. The first-order valence-corrected chi connectivity index (χ1v) is 7.79. The van der Waals surface area contributed by atoms with Crippen molar-refractivity contribution in [2.45, 2.75) is 69.7 Å². The van der Waals surface area contributed by atoms with E-state index in [1.807, 2.05) is 11.8 Å². The predicted molar refractivity (Wildman–Crippen MR) is 83.3 cm³/mol. The quantitative estimate of drug-likeness (QED) is 0.738. The van der Waals surface area contributed by atoms with Crippen molar-refractivity contribution in [3.8, 4) is 0 Å². The maximum atomic E-state index is 3.53. The van der Waals surface area contributed by atoms with Crippen molar-refractivity contribution >= 4 is 11.8 Å². The van der Waals surface area contributed by atoms with Crippen molar-refractivity contribution in [1.29, 1.82) is 0 Å². The summed E-state index contributed by atoms with van der Waals surface area (Å²) < 4.78 is 0. The standard InChI is InChI=1S/C16H27NS/c1-6-8-13(2)18-15-10-7-9-14(11-15)12-17-16(3,4)5/h7,9-11,13,17H,6,8,12H2,1-5H3. The van der Waals surface area contributed by atoms with E-state index in [1.54, 1.807) is 0 Å². The number of hydrogen-bond donors (Lipinski definition) is 1. The average Bonchev–Trinajstić information content (AvgIpc) is 2.26. The van der Waals surface area contributed by atoms with Gasteiger partial charge in [-0.1, -0.05) is 32.4 Å². The van der Waals surface area contributed by atoms with Crippen molar-refractivity contribution < 1.29 is 0 Å². The minimum Gasteiger partial charge on any atom is -0.308 e. The third-order valence-corrected chi connectivity index (χ3v) is 3.92. The number of nitrogens with one attached hydrogen (secondary N) is 1. The lowest BCUT2D eigenvalue weighted by molar-refractivity contribution is 0.424. The summed E-state index contributed by atoms with van der Waals surface area (Å²) in [6.07, 6.45) is 2.55. The van der Waals surface area contributed by atoms with Gasteiger partial charge in [0.2, 0.25) is 0 Å². The van der Waals surface area contributed by atoms with E-state index in [0.29, 0.717) is 5.25 Å². The largest absolute Gasteiger partial charge is 0.308 e. The van der Waals surface area contributed by atoms with Crippen LogP contribution in [0, 0.1) is 0 Å². The molecule has 0 aliphatic heterocycles. The van der Waals surface area contributed by atoms with Crippen molar-refractivity contribution in [3.63, 3.8) is 0 Å². The zero-order valence-electron chi connectivity index (χ0n) is 12.4. The van der Waals surface area contributed by atoms with Crippen molar-refractivity contribution in [2.75, 3.05) is 0 Å². The highest BCUT2D eigenvalue weighted by molar-refractivity contribution is 7.99. The highest BCUT2D eigenvalue weighted by atomic mass is 32.2. The van der Waals surface area contributed by atoms with Crippen LogP contribution in [0.3, 0.4) is 0 Å². The van der Waals surface area contributed by atoms with Crippen LogP contribution in [0.1, 0.15) is 53.0 Å². The summed E-state index contributed by atoms with van der Waals surface area (Å²) in [6, 6.07) is 8.90. The fraction of sp³-hybridized carbons (Fsp3) is 0.625. The molecule has 1 atom stereocenters. The van der Waals surface area contributed by atoms with Crippen LogP contribution >= 0.6 is 11.8 Å². The van der Waals surface area contributed by atoms with E-state index in [-0.39, 0.29) is 5.54 Å². The van der Waals surface area contributed by atoms with E-state index in [0.717, 1.165) is 6.54 Å². The Kier molecular flexibility index (Phi) is 6.24. The van der Waals surface area contributed by atoms with Crippen LogP contribution < -0.4 is 5.32 Å². The lowest BCUT2D eigenvalue weighted by Gasteiger charge is -2.20. The van der Waals surface area contributed by atoms with Gasteiger partial charge in [0.25, 0.3) is 0 Å². The van der Waals surface area contributed by atoms with Gasteiger partial charge in [0.05, 0.1) is 0 Å². The van der Waals surface area contributed by atoms with Gasteiger partial charge in [-0.15, -0.1) is 11.8 Å². The third-order valence-electron chi connectivity index (χ3n) is 2.75. The molecule has 18 heavy (non-hydrogen) atoms. The van der Waals surface area contributed by atoms with E-state index in [9.17, 15) is 0 Å². The summed E-state index contributed by atoms with van der Waals surface area (Å²) in [5.74, 6) is 0. The Morgan fingerprint density at radius 2 is 2.00 bits per heavy atom. The summed E-state index contributed by atoms with van der Waals surface area (Å²) in [7, 11) is 0. The first-order valence-electron chi connectivity index (χ1n) is 6.91. The van der Waals surface area contributed by atoms with Gasteiger partial charge in [-0.25, -0.2) is 0 Å². The van der Waals surface area contributed by atoms with Gasteiger partial charge < -0.3 is 5.32 Å². The maximum Gasteiger partial charge on any atom is 0.0210 e. The Morgan fingerprint density at radius 3 is 2.61 bits per heavy atom. The molecule has 2 heteroatoms. The zero-order valence-corrected chi connectivity index (χ0v) is 13.2. The van der Waals surface area contributed by atoms with Gasteiger partial charge in [0.15, 0.2) is 0 Å². The molecular weight excluding hydrogens is 238 g/mol. The number of hydrogen-bond acceptors (Lipinski definition) is 2. The fourth-order valence-electron chi connectivity index (χ4n) is 1.79. The molecule has 0 spiro atoms. The topological polar surface area (TPSA) is 12.0 Å². The van der Waals surface area contributed by atoms with Crippen LogP contribution in [0.15, 0.2) is 29.2 Å². The third kappa shape index (κ3) is 6.46. The van der Waals surface area contributed by atoms with Crippen LogP contribution in [-0.2, 0) is 6.54 Å². The van der Waals surface area contributed by atoms with Gasteiger partial charge in [0.1, 0.15) is 0 Å². The minimum absolute atomic E-state index is 0.179. The van der Waals surface area contributed by atoms with Crippen molar-refractivity contribution in [1.82, 2.24) is 5.32 Å². The second kappa shape index (κ2) is 7.20. The lowest BCUT2D eigenvalue weighted by Crippen LogP contribution is -2.35. The Morgan fingerprint density at radius 1 is 1.28 bits per heavy atom. The van der Waals surface area contributed by atoms with Gasteiger partial charge in [0, 0.05) is 22.2 Å². The molecule has 1 rings (SSSR count). The van der Waals surface area contributed by atoms with Gasteiger partial charge >= 0.3 is 0 Å². The average molecular weight is 265 g/mol. The summed E-state index contributed by atoms with van der Waals surface area (Å²) in [4.78, 5) is 1.39.